The first-order chi connectivity index (χ1) is 9.13. The van der Waals surface area contributed by atoms with Crippen molar-refractivity contribution < 1.29 is 4.79 Å². The van der Waals surface area contributed by atoms with Crippen LogP contribution in [0.15, 0.2) is 28.7 Å². The maximum Gasteiger partial charge on any atom is 0.238 e. The summed E-state index contributed by atoms with van der Waals surface area (Å²) in [4.78, 5) is 11.8. The zero-order valence-electron chi connectivity index (χ0n) is 11.3. The molecule has 1 aliphatic carbocycles. The van der Waals surface area contributed by atoms with Gasteiger partial charge in [-0.1, -0.05) is 29.3 Å². The Bertz CT molecular complexity index is 426. The van der Waals surface area contributed by atoms with Gasteiger partial charge in [0.25, 0.3) is 0 Å². The fourth-order valence-electron chi connectivity index (χ4n) is 2.40. The molecule has 0 saturated heterocycles. The average molecular weight is 325 g/mol. The molecule has 1 aromatic carbocycles. The number of nitrogens with one attached hydrogen (secondary N) is 2. The lowest BCUT2D eigenvalue weighted by molar-refractivity contribution is -0.115. The van der Waals surface area contributed by atoms with Crippen molar-refractivity contribution in [3.63, 3.8) is 0 Å². The Morgan fingerprint density at radius 2 is 2.00 bits per heavy atom. The zero-order chi connectivity index (χ0) is 13.7. The van der Waals surface area contributed by atoms with E-state index in [-0.39, 0.29) is 5.91 Å². The highest BCUT2D eigenvalue weighted by molar-refractivity contribution is 9.10. The lowest BCUT2D eigenvalue weighted by Gasteiger charge is -2.14. The van der Waals surface area contributed by atoms with E-state index in [0.29, 0.717) is 12.0 Å². The molecular formula is C15H21BrN2O. The molecule has 19 heavy (non-hydrogen) atoms. The van der Waals surface area contributed by atoms with Crippen molar-refractivity contribution in [2.45, 2.75) is 32.6 Å². The normalized spacial score (nSPS) is 16.1. The van der Waals surface area contributed by atoms with Crippen LogP contribution in [0.25, 0.3) is 0 Å². The maximum absolute atomic E-state index is 11.8. The number of benzene rings is 1. The van der Waals surface area contributed by atoms with E-state index in [4.69, 9.17) is 0 Å². The smallest absolute Gasteiger partial charge is 0.238 e. The van der Waals surface area contributed by atoms with Gasteiger partial charge in [-0.2, -0.15) is 0 Å². The summed E-state index contributed by atoms with van der Waals surface area (Å²) in [6, 6.07) is 7.62. The molecule has 1 amide bonds. The highest BCUT2D eigenvalue weighted by Crippen LogP contribution is 2.48. The van der Waals surface area contributed by atoms with Crippen molar-refractivity contribution >= 4 is 27.5 Å². The molecule has 1 aliphatic rings. The molecule has 0 radical (unpaired) electrons. The van der Waals surface area contributed by atoms with Crippen LogP contribution in [0, 0.1) is 5.41 Å². The predicted molar refractivity (Wildman–Crippen MR) is 82.2 cm³/mol. The number of hydrogen-bond donors (Lipinski definition) is 2. The lowest BCUT2D eigenvalue weighted by Crippen LogP contribution is -2.32. The van der Waals surface area contributed by atoms with Crippen molar-refractivity contribution in [2.75, 3.05) is 18.4 Å². The molecule has 0 unspecified atom stereocenters. The first-order valence-electron chi connectivity index (χ1n) is 6.90. The Hall–Kier alpha value is -0.870. The van der Waals surface area contributed by atoms with Gasteiger partial charge in [-0.05, 0) is 48.9 Å². The van der Waals surface area contributed by atoms with Gasteiger partial charge >= 0.3 is 0 Å². The van der Waals surface area contributed by atoms with Crippen LogP contribution in [-0.4, -0.2) is 19.0 Å². The first kappa shape index (κ1) is 14.5. The summed E-state index contributed by atoms with van der Waals surface area (Å²) >= 11 is 3.37. The minimum absolute atomic E-state index is 0.0228. The van der Waals surface area contributed by atoms with E-state index in [2.05, 4.69) is 33.5 Å². The van der Waals surface area contributed by atoms with Crippen LogP contribution in [0.3, 0.4) is 0 Å². The van der Waals surface area contributed by atoms with Crippen LogP contribution in [-0.2, 0) is 4.79 Å². The largest absolute Gasteiger partial charge is 0.325 e. The van der Waals surface area contributed by atoms with Crippen molar-refractivity contribution in [1.82, 2.24) is 5.32 Å². The van der Waals surface area contributed by atoms with Crippen molar-refractivity contribution in [3.05, 3.63) is 28.7 Å². The molecule has 1 saturated carbocycles. The number of rotatable bonds is 7. The van der Waals surface area contributed by atoms with Crippen molar-refractivity contribution in [2.24, 2.45) is 5.41 Å². The quantitative estimate of drug-likeness (QED) is 0.805. The van der Waals surface area contributed by atoms with E-state index in [9.17, 15) is 4.79 Å². The molecule has 2 N–H and O–H groups in total. The van der Waals surface area contributed by atoms with E-state index in [1.165, 1.54) is 25.7 Å². The second-order valence-corrected chi connectivity index (χ2v) is 6.32. The third kappa shape index (κ3) is 4.62. The summed E-state index contributed by atoms with van der Waals surface area (Å²) < 4.78 is 1.01. The summed E-state index contributed by atoms with van der Waals surface area (Å²) in [7, 11) is 0. The van der Waals surface area contributed by atoms with Gasteiger partial charge in [-0.25, -0.2) is 0 Å². The second-order valence-electron chi connectivity index (χ2n) is 5.41. The number of halogens is 1. The molecular weight excluding hydrogens is 304 g/mol. The molecule has 0 bridgehead atoms. The summed E-state index contributed by atoms with van der Waals surface area (Å²) in [5, 5.41) is 6.17. The highest BCUT2D eigenvalue weighted by Gasteiger charge is 2.40. The van der Waals surface area contributed by atoms with Crippen LogP contribution < -0.4 is 10.6 Å². The van der Waals surface area contributed by atoms with E-state index < -0.39 is 0 Å². The summed E-state index contributed by atoms with van der Waals surface area (Å²) in [5.41, 5.74) is 1.33. The topological polar surface area (TPSA) is 41.1 Å². The van der Waals surface area contributed by atoms with Gasteiger partial charge in [0.1, 0.15) is 0 Å². The van der Waals surface area contributed by atoms with Gasteiger partial charge in [-0.15, -0.1) is 0 Å². The Morgan fingerprint density at radius 3 is 2.58 bits per heavy atom. The fraction of sp³-hybridized carbons (Fsp3) is 0.533. The molecule has 0 aromatic heterocycles. The molecule has 0 spiro atoms. The van der Waals surface area contributed by atoms with Gasteiger partial charge in [-0.3, -0.25) is 4.79 Å². The molecule has 3 nitrogen and oxygen atoms in total. The van der Waals surface area contributed by atoms with Crippen LogP contribution in [0.4, 0.5) is 5.69 Å². The Labute approximate surface area is 123 Å². The van der Waals surface area contributed by atoms with Crippen LogP contribution >= 0.6 is 15.9 Å². The highest BCUT2D eigenvalue weighted by atomic mass is 79.9. The van der Waals surface area contributed by atoms with Gasteiger partial charge in [0.05, 0.1) is 6.54 Å². The summed E-state index contributed by atoms with van der Waals surface area (Å²) in [6.45, 7) is 3.58. The van der Waals surface area contributed by atoms with E-state index in [0.717, 1.165) is 16.7 Å². The SMILES string of the molecule is CCCC1(CNCC(=O)Nc2ccc(Br)cc2)CC1. The standard InChI is InChI=1S/C15H21BrN2O/c1-2-7-15(8-9-15)11-17-10-14(19)18-13-5-3-12(16)4-6-13/h3-6,17H,2,7-11H2,1H3,(H,18,19). The molecule has 4 heteroatoms. The van der Waals surface area contributed by atoms with Crippen molar-refractivity contribution in [3.8, 4) is 0 Å². The lowest BCUT2D eigenvalue weighted by atomic mass is 10.0. The van der Waals surface area contributed by atoms with Crippen LogP contribution in [0.1, 0.15) is 32.6 Å². The zero-order valence-corrected chi connectivity index (χ0v) is 12.9. The number of carbonyl (C=O) groups excluding carboxylic acids is 1. The monoisotopic (exact) mass is 324 g/mol. The van der Waals surface area contributed by atoms with E-state index in [1.807, 2.05) is 24.3 Å². The third-order valence-corrected chi connectivity index (χ3v) is 4.18. The molecule has 2 rings (SSSR count). The first-order valence-corrected chi connectivity index (χ1v) is 7.69. The Morgan fingerprint density at radius 1 is 1.32 bits per heavy atom. The average Bonchev–Trinajstić information content (AvgIpc) is 3.13. The molecule has 104 valence electrons. The van der Waals surface area contributed by atoms with Crippen LogP contribution in [0.2, 0.25) is 0 Å². The minimum atomic E-state index is 0.0228. The van der Waals surface area contributed by atoms with Gasteiger partial charge < -0.3 is 10.6 Å². The second kappa shape index (κ2) is 6.53. The van der Waals surface area contributed by atoms with Crippen molar-refractivity contribution in [1.29, 1.82) is 0 Å². The van der Waals surface area contributed by atoms with Gasteiger partial charge in [0.2, 0.25) is 5.91 Å². The third-order valence-electron chi connectivity index (χ3n) is 3.65. The molecule has 0 atom stereocenters. The maximum atomic E-state index is 11.8. The number of anilines is 1. The predicted octanol–water partition coefficient (Wildman–Crippen LogP) is 3.56. The van der Waals surface area contributed by atoms with Crippen LogP contribution in [0.5, 0.6) is 0 Å². The molecule has 1 aromatic rings. The number of amides is 1. The fourth-order valence-corrected chi connectivity index (χ4v) is 2.67. The Balaban J connectivity index is 1.69. The van der Waals surface area contributed by atoms with E-state index in [1.54, 1.807) is 0 Å². The summed E-state index contributed by atoms with van der Waals surface area (Å²) in [5.74, 6) is 0.0228. The molecule has 0 aliphatic heterocycles. The molecule has 1 fully saturated rings. The van der Waals surface area contributed by atoms with E-state index >= 15 is 0 Å². The van der Waals surface area contributed by atoms with Gasteiger partial charge in [0.15, 0.2) is 0 Å². The minimum Gasteiger partial charge on any atom is -0.325 e. The number of hydrogen-bond acceptors (Lipinski definition) is 2. The number of carbonyl (C=O) groups is 1. The van der Waals surface area contributed by atoms with Gasteiger partial charge in [0, 0.05) is 16.7 Å². The Kier molecular flexibility index (Phi) is 4.99. The summed E-state index contributed by atoms with van der Waals surface area (Å²) in [6.07, 6.45) is 5.12. The molecule has 0 heterocycles.